The van der Waals surface area contributed by atoms with Crippen molar-refractivity contribution in [1.29, 1.82) is 0 Å². The Kier molecular flexibility index (Phi) is 3.82. The molecule has 3 nitrogen and oxygen atoms in total. The van der Waals surface area contributed by atoms with Crippen molar-refractivity contribution in [3.63, 3.8) is 0 Å². The van der Waals surface area contributed by atoms with Crippen molar-refractivity contribution in [3.05, 3.63) is 41.5 Å². The number of carbonyl (C=O) groups excluding carboxylic acids is 1. The van der Waals surface area contributed by atoms with Gasteiger partial charge in [-0.25, -0.2) is 0 Å². The highest BCUT2D eigenvalue weighted by Gasteiger charge is 2.28. The van der Waals surface area contributed by atoms with Crippen LogP contribution >= 0.6 is 0 Å². The smallest absolute Gasteiger partial charge is 0.323 e. The molecule has 1 aromatic carbocycles. The van der Waals surface area contributed by atoms with Crippen LogP contribution in [0.15, 0.2) is 30.3 Å². The van der Waals surface area contributed by atoms with Gasteiger partial charge in [0.15, 0.2) is 0 Å². The number of benzene rings is 1. The van der Waals surface area contributed by atoms with Crippen LogP contribution in [0.4, 0.5) is 0 Å². The summed E-state index contributed by atoms with van der Waals surface area (Å²) >= 11 is 0. The predicted octanol–water partition coefficient (Wildman–Crippen LogP) is 2.15. The lowest BCUT2D eigenvalue weighted by molar-refractivity contribution is -0.145. The number of rotatable bonds is 4. The molecule has 0 amide bonds. The Morgan fingerprint density at radius 1 is 1.44 bits per heavy atom. The maximum absolute atomic E-state index is 11.7. The van der Waals surface area contributed by atoms with E-state index in [2.05, 4.69) is 18.2 Å². The summed E-state index contributed by atoms with van der Waals surface area (Å²) in [7, 11) is 0. The Morgan fingerprint density at radius 2 is 2.17 bits per heavy atom. The molecule has 0 bridgehead atoms. The van der Waals surface area contributed by atoms with Crippen molar-refractivity contribution >= 4 is 11.5 Å². The van der Waals surface area contributed by atoms with Crippen molar-refractivity contribution in [2.75, 3.05) is 6.61 Å². The zero-order valence-corrected chi connectivity index (χ0v) is 10.8. The molecule has 0 saturated heterocycles. The van der Waals surface area contributed by atoms with E-state index >= 15 is 0 Å². The summed E-state index contributed by atoms with van der Waals surface area (Å²) in [4.78, 5) is 11.7. The zero-order valence-electron chi connectivity index (χ0n) is 10.8. The first-order chi connectivity index (χ1) is 8.65. The predicted molar refractivity (Wildman–Crippen MR) is 71.9 cm³/mol. The molecule has 2 rings (SSSR count). The Balaban J connectivity index is 2.16. The van der Waals surface area contributed by atoms with Crippen LogP contribution in [0.25, 0.3) is 5.57 Å². The Morgan fingerprint density at radius 3 is 2.89 bits per heavy atom. The number of esters is 1. The van der Waals surface area contributed by atoms with Gasteiger partial charge in [-0.1, -0.05) is 37.3 Å². The average Bonchev–Trinajstić information content (AvgIpc) is 2.81. The van der Waals surface area contributed by atoms with Gasteiger partial charge in [0.05, 0.1) is 6.61 Å². The van der Waals surface area contributed by atoms with E-state index in [1.807, 2.05) is 19.1 Å². The molecule has 0 aromatic heterocycles. The van der Waals surface area contributed by atoms with Crippen LogP contribution in [0.2, 0.25) is 0 Å². The van der Waals surface area contributed by atoms with Gasteiger partial charge in [0, 0.05) is 5.92 Å². The lowest BCUT2D eigenvalue weighted by atomic mass is 9.90. The fourth-order valence-corrected chi connectivity index (χ4v) is 2.38. The maximum Gasteiger partial charge on any atom is 0.323 e. The van der Waals surface area contributed by atoms with Gasteiger partial charge in [-0.05, 0) is 30.0 Å². The van der Waals surface area contributed by atoms with Gasteiger partial charge in [-0.2, -0.15) is 0 Å². The van der Waals surface area contributed by atoms with Gasteiger partial charge >= 0.3 is 5.97 Å². The van der Waals surface area contributed by atoms with E-state index < -0.39 is 6.04 Å². The molecular formula is C15H19NO2. The first-order valence-electron chi connectivity index (χ1n) is 6.35. The summed E-state index contributed by atoms with van der Waals surface area (Å²) in [5.41, 5.74) is 9.64. The number of fused-ring (bicyclic) bond motifs is 1. The number of allylic oxidation sites excluding steroid dienone is 1. The summed E-state index contributed by atoms with van der Waals surface area (Å²) in [5, 5.41) is 0. The molecule has 0 spiro atoms. The monoisotopic (exact) mass is 245 g/mol. The third kappa shape index (κ3) is 2.31. The van der Waals surface area contributed by atoms with Crippen LogP contribution in [0.3, 0.4) is 0 Å². The Labute approximate surface area is 108 Å². The minimum Gasteiger partial charge on any atom is -0.465 e. The van der Waals surface area contributed by atoms with Crippen molar-refractivity contribution in [1.82, 2.24) is 0 Å². The van der Waals surface area contributed by atoms with Gasteiger partial charge in [0.1, 0.15) is 6.04 Å². The quantitative estimate of drug-likeness (QED) is 0.827. The fourth-order valence-electron chi connectivity index (χ4n) is 2.38. The van der Waals surface area contributed by atoms with E-state index in [0.29, 0.717) is 6.61 Å². The van der Waals surface area contributed by atoms with Crippen LogP contribution in [-0.4, -0.2) is 18.6 Å². The lowest BCUT2D eigenvalue weighted by Gasteiger charge is -2.20. The SMILES string of the molecule is CCOC(=O)[C@@H](N)[C@@H](C)C1=CCc2ccccc21. The zero-order chi connectivity index (χ0) is 13.1. The highest BCUT2D eigenvalue weighted by Crippen LogP contribution is 2.33. The molecule has 2 atom stereocenters. The first kappa shape index (κ1) is 12.8. The summed E-state index contributed by atoms with van der Waals surface area (Å²) in [6, 6.07) is 7.65. The topological polar surface area (TPSA) is 52.3 Å². The van der Waals surface area contributed by atoms with Crippen LogP contribution in [-0.2, 0) is 16.0 Å². The van der Waals surface area contributed by atoms with Crippen molar-refractivity contribution < 1.29 is 9.53 Å². The molecule has 18 heavy (non-hydrogen) atoms. The summed E-state index contributed by atoms with van der Waals surface area (Å²) < 4.78 is 4.98. The Hall–Kier alpha value is -1.61. The Bertz CT molecular complexity index is 479. The molecule has 1 aliphatic rings. The maximum atomic E-state index is 11.7. The van der Waals surface area contributed by atoms with Crippen molar-refractivity contribution in [2.45, 2.75) is 26.3 Å². The second kappa shape index (κ2) is 5.36. The number of hydrogen-bond acceptors (Lipinski definition) is 3. The first-order valence-corrected chi connectivity index (χ1v) is 6.35. The highest BCUT2D eigenvalue weighted by molar-refractivity contribution is 5.82. The van der Waals surface area contributed by atoms with Crippen molar-refractivity contribution in [2.24, 2.45) is 11.7 Å². The molecule has 1 aromatic rings. The molecule has 2 N–H and O–H groups in total. The number of hydrogen-bond donors (Lipinski definition) is 1. The van der Waals surface area contributed by atoms with Crippen LogP contribution in [0.1, 0.15) is 25.0 Å². The number of carbonyl (C=O) groups is 1. The molecule has 0 aliphatic heterocycles. The number of ether oxygens (including phenoxy) is 1. The molecule has 0 unspecified atom stereocenters. The van der Waals surface area contributed by atoms with E-state index in [1.54, 1.807) is 6.92 Å². The van der Waals surface area contributed by atoms with E-state index in [0.717, 1.165) is 12.0 Å². The molecule has 3 heteroatoms. The average molecular weight is 245 g/mol. The molecular weight excluding hydrogens is 226 g/mol. The third-order valence-corrected chi connectivity index (χ3v) is 3.46. The van der Waals surface area contributed by atoms with Crippen LogP contribution < -0.4 is 5.73 Å². The van der Waals surface area contributed by atoms with Crippen LogP contribution in [0, 0.1) is 5.92 Å². The summed E-state index contributed by atoms with van der Waals surface area (Å²) in [6.07, 6.45) is 3.08. The van der Waals surface area contributed by atoms with E-state index in [9.17, 15) is 4.79 Å². The minimum atomic E-state index is -0.595. The standard InChI is InChI=1S/C15H19NO2/c1-3-18-15(17)14(16)10(2)12-9-8-11-6-4-5-7-13(11)12/h4-7,9-10,14H,3,8,16H2,1-2H3/t10-,14-/m0/s1. The normalized spacial score (nSPS) is 16.7. The van der Waals surface area contributed by atoms with E-state index in [-0.39, 0.29) is 11.9 Å². The minimum absolute atomic E-state index is 0.0206. The molecule has 0 radical (unpaired) electrons. The third-order valence-electron chi connectivity index (χ3n) is 3.46. The van der Waals surface area contributed by atoms with E-state index in [4.69, 9.17) is 10.5 Å². The van der Waals surface area contributed by atoms with Gasteiger partial charge in [-0.3, -0.25) is 4.79 Å². The van der Waals surface area contributed by atoms with Gasteiger partial charge in [0.2, 0.25) is 0 Å². The molecule has 0 heterocycles. The van der Waals surface area contributed by atoms with Crippen molar-refractivity contribution in [3.8, 4) is 0 Å². The van der Waals surface area contributed by atoms with Gasteiger partial charge in [0.25, 0.3) is 0 Å². The highest BCUT2D eigenvalue weighted by atomic mass is 16.5. The second-order valence-corrected chi connectivity index (χ2v) is 4.59. The second-order valence-electron chi connectivity index (χ2n) is 4.59. The molecule has 1 aliphatic carbocycles. The molecule has 0 saturated carbocycles. The summed E-state index contributed by atoms with van der Waals surface area (Å²) in [6.45, 7) is 4.14. The molecule has 0 fully saturated rings. The largest absolute Gasteiger partial charge is 0.465 e. The van der Waals surface area contributed by atoms with Crippen LogP contribution in [0.5, 0.6) is 0 Å². The van der Waals surface area contributed by atoms with Gasteiger partial charge in [-0.15, -0.1) is 0 Å². The summed E-state index contributed by atoms with van der Waals surface area (Å²) in [5.74, 6) is -0.344. The fraction of sp³-hybridized carbons (Fsp3) is 0.400. The van der Waals surface area contributed by atoms with E-state index in [1.165, 1.54) is 11.1 Å². The molecule has 96 valence electrons. The van der Waals surface area contributed by atoms with Gasteiger partial charge < -0.3 is 10.5 Å². The lowest BCUT2D eigenvalue weighted by Crippen LogP contribution is -2.38. The number of nitrogens with two attached hydrogens (primary N) is 1.